The Kier molecular flexibility index (Phi) is 2.22. The topological polar surface area (TPSA) is 87.0 Å². The van der Waals surface area contributed by atoms with E-state index in [1.165, 1.54) is 0 Å². The molecule has 90 valence electrons. The third-order valence-electron chi connectivity index (χ3n) is 3.39. The highest BCUT2D eigenvalue weighted by Gasteiger charge is 2.36. The number of carbonyl (C=O) groups excluding carboxylic acids is 1. The van der Waals surface area contributed by atoms with Crippen LogP contribution in [0.25, 0.3) is 0 Å². The van der Waals surface area contributed by atoms with Crippen LogP contribution >= 0.6 is 0 Å². The molecule has 0 radical (unpaired) electrons. The van der Waals surface area contributed by atoms with E-state index in [2.05, 4.69) is 0 Å². The smallest absolute Gasteiger partial charge is 0.169 e. The van der Waals surface area contributed by atoms with Gasteiger partial charge >= 0.3 is 0 Å². The fourth-order valence-corrected chi connectivity index (χ4v) is 2.48. The van der Waals surface area contributed by atoms with Crippen molar-refractivity contribution in [3.63, 3.8) is 0 Å². The number of phenols is 1. The van der Waals surface area contributed by atoms with E-state index in [9.17, 15) is 20.1 Å². The molecule has 3 N–H and O–H groups in total. The van der Waals surface area contributed by atoms with E-state index in [1.807, 2.05) is 0 Å². The highest BCUT2D eigenvalue weighted by atomic mass is 16.5. The van der Waals surface area contributed by atoms with Crippen LogP contribution in [0, 0.1) is 0 Å². The van der Waals surface area contributed by atoms with Crippen molar-refractivity contribution in [1.82, 2.24) is 0 Å². The molecule has 0 spiro atoms. The van der Waals surface area contributed by atoms with Crippen LogP contribution in [0.5, 0.6) is 5.75 Å². The van der Waals surface area contributed by atoms with Crippen LogP contribution in [0.4, 0.5) is 0 Å². The number of rotatable bonds is 0. The maximum absolute atomic E-state index is 11.8. The zero-order chi connectivity index (χ0) is 12.2. The predicted octanol–water partition coefficient (Wildman–Crippen LogP) is 0.403. The summed E-state index contributed by atoms with van der Waals surface area (Å²) in [6.07, 6.45) is -2.39. The molecule has 0 aromatic heterocycles. The van der Waals surface area contributed by atoms with Gasteiger partial charge in [-0.15, -0.1) is 0 Å². The van der Waals surface area contributed by atoms with E-state index >= 15 is 0 Å². The Morgan fingerprint density at radius 3 is 2.82 bits per heavy atom. The normalized spacial score (nSPS) is 26.8. The molecule has 3 rings (SSSR count). The van der Waals surface area contributed by atoms with Gasteiger partial charge in [0, 0.05) is 12.0 Å². The van der Waals surface area contributed by atoms with Crippen LogP contribution in [0.2, 0.25) is 0 Å². The van der Waals surface area contributed by atoms with Crippen molar-refractivity contribution in [2.45, 2.75) is 31.8 Å². The van der Waals surface area contributed by atoms with Gasteiger partial charge in [-0.05, 0) is 17.2 Å². The molecule has 1 aromatic rings. The number of carbonyl (C=O) groups is 1. The fourth-order valence-electron chi connectivity index (χ4n) is 2.48. The van der Waals surface area contributed by atoms with Crippen molar-refractivity contribution in [2.75, 3.05) is 0 Å². The van der Waals surface area contributed by atoms with E-state index in [-0.39, 0.29) is 30.1 Å². The second kappa shape index (κ2) is 3.53. The summed E-state index contributed by atoms with van der Waals surface area (Å²) in [5.41, 5.74) is 1.81. The first kappa shape index (κ1) is 10.7. The summed E-state index contributed by atoms with van der Waals surface area (Å²) in [6.45, 7) is 0.632. The largest absolute Gasteiger partial charge is 0.507 e. The quantitative estimate of drug-likeness (QED) is 0.607. The minimum atomic E-state index is -1.13. The monoisotopic (exact) mass is 236 g/mol. The van der Waals surface area contributed by atoms with Gasteiger partial charge in [-0.1, -0.05) is 0 Å². The third-order valence-corrected chi connectivity index (χ3v) is 3.39. The van der Waals surface area contributed by atoms with Crippen LogP contribution in [-0.2, 0) is 18.0 Å². The number of Topliss-reactive ketones (excluding diaryl/α,β-unsaturated/α-hetero) is 1. The fraction of sp³-hybridized carbons (Fsp3) is 0.417. The summed E-state index contributed by atoms with van der Waals surface area (Å²) in [5, 5.41) is 29.4. The number of hydrogen-bond donors (Lipinski definition) is 3. The van der Waals surface area contributed by atoms with Crippen LogP contribution in [0.3, 0.4) is 0 Å². The van der Waals surface area contributed by atoms with Crippen LogP contribution in [-0.4, -0.2) is 27.2 Å². The first-order valence-corrected chi connectivity index (χ1v) is 5.44. The van der Waals surface area contributed by atoms with Gasteiger partial charge in [0.05, 0.1) is 24.9 Å². The van der Waals surface area contributed by atoms with Crippen molar-refractivity contribution in [3.8, 4) is 5.75 Å². The first-order chi connectivity index (χ1) is 8.09. The molecule has 0 unspecified atom stereocenters. The van der Waals surface area contributed by atoms with E-state index < -0.39 is 12.2 Å². The molecule has 0 saturated heterocycles. The zero-order valence-electron chi connectivity index (χ0n) is 9.01. The highest BCUT2D eigenvalue weighted by molar-refractivity contribution is 6.02. The molecule has 17 heavy (non-hydrogen) atoms. The summed E-state index contributed by atoms with van der Waals surface area (Å²) >= 11 is 0. The second-order valence-electron chi connectivity index (χ2n) is 4.46. The molecule has 1 aromatic carbocycles. The number of aliphatic hydroxyl groups is 2. The molecule has 1 aliphatic carbocycles. The Balaban J connectivity index is 2.26. The number of fused-ring (bicyclic) bond motifs is 2. The van der Waals surface area contributed by atoms with Crippen molar-refractivity contribution in [3.05, 3.63) is 28.3 Å². The van der Waals surface area contributed by atoms with Crippen LogP contribution in [0.1, 0.15) is 39.6 Å². The van der Waals surface area contributed by atoms with Crippen LogP contribution in [0.15, 0.2) is 6.07 Å². The summed E-state index contributed by atoms with van der Waals surface area (Å²) in [5.74, 6) is -0.448. The van der Waals surface area contributed by atoms with Gasteiger partial charge in [0.2, 0.25) is 0 Å². The standard InChI is InChI=1S/C12H12O5/c13-8-2-9(14)11(15)6-1-5-3-17-4-7(5)12(16)10(6)8/h1,9,11,14-16H,2-4H2/t9-,11+/m0/s1. The van der Waals surface area contributed by atoms with Crippen molar-refractivity contribution in [1.29, 1.82) is 0 Å². The van der Waals surface area contributed by atoms with Gasteiger partial charge in [-0.3, -0.25) is 4.79 Å². The van der Waals surface area contributed by atoms with Crippen LogP contribution < -0.4 is 0 Å². The first-order valence-electron chi connectivity index (χ1n) is 5.44. The zero-order valence-corrected chi connectivity index (χ0v) is 9.01. The summed E-state index contributed by atoms with van der Waals surface area (Å²) in [6, 6.07) is 1.64. The van der Waals surface area contributed by atoms with Gasteiger partial charge in [0.1, 0.15) is 11.9 Å². The second-order valence-corrected chi connectivity index (χ2v) is 4.46. The molecule has 5 nitrogen and oxygen atoms in total. The predicted molar refractivity (Wildman–Crippen MR) is 56.5 cm³/mol. The van der Waals surface area contributed by atoms with Gasteiger partial charge < -0.3 is 20.1 Å². The van der Waals surface area contributed by atoms with E-state index in [0.717, 1.165) is 5.56 Å². The van der Waals surface area contributed by atoms with Gasteiger partial charge in [-0.25, -0.2) is 0 Å². The number of ketones is 1. The molecular formula is C12H12O5. The van der Waals surface area contributed by atoms with Gasteiger partial charge in [-0.2, -0.15) is 0 Å². The molecule has 2 atom stereocenters. The van der Waals surface area contributed by atoms with Crippen molar-refractivity contribution >= 4 is 5.78 Å². The molecule has 0 fully saturated rings. The third kappa shape index (κ3) is 1.40. The Bertz CT molecular complexity index is 508. The molecule has 5 heteroatoms. The molecular weight excluding hydrogens is 224 g/mol. The lowest BCUT2D eigenvalue weighted by Crippen LogP contribution is -2.29. The summed E-state index contributed by atoms with van der Waals surface area (Å²) in [4.78, 5) is 11.8. The van der Waals surface area contributed by atoms with E-state index in [4.69, 9.17) is 4.74 Å². The lowest BCUT2D eigenvalue weighted by atomic mass is 9.83. The molecule has 0 amide bonds. The number of ether oxygens (including phenoxy) is 1. The Morgan fingerprint density at radius 2 is 2.06 bits per heavy atom. The summed E-state index contributed by atoms with van der Waals surface area (Å²) in [7, 11) is 0. The van der Waals surface area contributed by atoms with E-state index in [1.54, 1.807) is 6.07 Å². The number of aromatic hydroxyl groups is 1. The average molecular weight is 236 g/mol. The maximum atomic E-state index is 11.8. The molecule has 1 aliphatic heterocycles. The maximum Gasteiger partial charge on any atom is 0.169 e. The minimum absolute atomic E-state index is 0.106. The number of phenolic OH excluding ortho intramolecular Hbond substituents is 1. The molecule has 0 saturated carbocycles. The van der Waals surface area contributed by atoms with Crippen molar-refractivity contribution < 1.29 is 24.9 Å². The molecule has 2 aliphatic rings. The number of aliphatic hydroxyl groups excluding tert-OH is 2. The van der Waals surface area contributed by atoms with Gasteiger partial charge in [0.15, 0.2) is 5.78 Å². The SMILES string of the molecule is O=C1C[C@H](O)[C@H](O)c2cc3c(c(O)c21)COC3. The molecule has 0 bridgehead atoms. The average Bonchev–Trinajstić information content (AvgIpc) is 2.74. The lowest BCUT2D eigenvalue weighted by molar-refractivity contribution is 0.00838. The Labute approximate surface area is 97.3 Å². The number of hydrogen-bond acceptors (Lipinski definition) is 5. The highest BCUT2D eigenvalue weighted by Crippen LogP contribution is 2.41. The Morgan fingerprint density at radius 1 is 1.29 bits per heavy atom. The molecule has 1 heterocycles. The summed E-state index contributed by atoms with van der Waals surface area (Å²) < 4.78 is 5.20. The van der Waals surface area contributed by atoms with Crippen molar-refractivity contribution in [2.24, 2.45) is 0 Å². The van der Waals surface area contributed by atoms with Gasteiger partial charge in [0.25, 0.3) is 0 Å². The Hall–Kier alpha value is -1.43. The number of benzene rings is 1. The van der Waals surface area contributed by atoms with E-state index in [0.29, 0.717) is 17.7 Å². The minimum Gasteiger partial charge on any atom is -0.507 e. The lowest BCUT2D eigenvalue weighted by Gasteiger charge is -2.26.